The number of carbonyl (C=O) groups excluding carboxylic acids is 1. The van der Waals surface area contributed by atoms with E-state index in [1.807, 2.05) is 36.4 Å². The molecular formula is C15H12BrIN2O2S. The Morgan fingerprint density at radius 2 is 1.86 bits per heavy atom. The van der Waals surface area contributed by atoms with Crippen LogP contribution < -0.4 is 15.4 Å². The first kappa shape index (κ1) is 17.2. The zero-order valence-electron chi connectivity index (χ0n) is 11.3. The lowest BCUT2D eigenvalue weighted by Gasteiger charge is -2.11. The number of anilines is 1. The van der Waals surface area contributed by atoms with Gasteiger partial charge in [0, 0.05) is 8.04 Å². The largest absolute Gasteiger partial charge is 0.484 e. The van der Waals surface area contributed by atoms with Gasteiger partial charge in [0.25, 0.3) is 5.91 Å². The van der Waals surface area contributed by atoms with Crippen molar-refractivity contribution in [1.82, 2.24) is 5.32 Å². The summed E-state index contributed by atoms with van der Waals surface area (Å²) in [5.74, 6) is 0.307. The third-order valence-corrected chi connectivity index (χ3v) is 4.23. The van der Waals surface area contributed by atoms with Crippen molar-refractivity contribution in [2.75, 3.05) is 11.9 Å². The van der Waals surface area contributed by atoms with Gasteiger partial charge in [-0.05, 0) is 71.2 Å². The number of hydrogen-bond donors (Lipinski definition) is 2. The van der Waals surface area contributed by atoms with Crippen LogP contribution in [0.1, 0.15) is 0 Å². The lowest BCUT2D eigenvalue weighted by atomic mass is 10.3. The van der Waals surface area contributed by atoms with E-state index in [-0.39, 0.29) is 17.6 Å². The molecule has 0 unspecified atom stereocenters. The minimum atomic E-state index is -0.314. The third kappa shape index (κ3) is 5.54. The Balaban J connectivity index is 1.80. The van der Waals surface area contributed by atoms with Gasteiger partial charge in [0.1, 0.15) is 5.75 Å². The molecule has 0 aliphatic heterocycles. The summed E-state index contributed by atoms with van der Waals surface area (Å²) >= 11 is 10.6. The van der Waals surface area contributed by atoms with E-state index in [2.05, 4.69) is 49.2 Å². The highest BCUT2D eigenvalue weighted by Gasteiger charge is 2.07. The summed E-state index contributed by atoms with van der Waals surface area (Å²) in [6, 6.07) is 14.9. The van der Waals surface area contributed by atoms with Gasteiger partial charge in [0.05, 0.1) is 5.69 Å². The van der Waals surface area contributed by atoms with Crippen molar-refractivity contribution in [3.63, 3.8) is 0 Å². The van der Waals surface area contributed by atoms with Gasteiger partial charge in [-0.15, -0.1) is 0 Å². The van der Waals surface area contributed by atoms with Crippen molar-refractivity contribution in [2.24, 2.45) is 0 Å². The molecule has 0 spiro atoms. The van der Waals surface area contributed by atoms with Crippen LogP contribution in [0.3, 0.4) is 0 Å². The smallest absolute Gasteiger partial charge is 0.264 e. The van der Waals surface area contributed by atoms with Crippen LogP contribution in [0.4, 0.5) is 5.69 Å². The van der Waals surface area contributed by atoms with Crippen molar-refractivity contribution in [3.8, 4) is 5.75 Å². The van der Waals surface area contributed by atoms with E-state index in [1.165, 1.54) is 0 Å². The summed E-state index contributed by atoms with van der Waals surface area (Å²) in [6.45, 7) is -0.102. The standard InChI is InChI=1S/C15H12BrIN2O2S/c16-10-5-7-11(8-6-10)21-9-14(20)19-15(22)18-13-4-2-1-3-12(13)17/h1-8H,9H2,(H2,18,19,20,22). The number of halogens is 2. The van der Waals surface area contributed by atoms with Crippen LogP contribution in [0.2, 0.25) is 0 Å². The molecule has 2 aromatic rings. The summed E-state index contributed by atoms with van der Waals surface area (Å²) in [5, 5.41) is 5.80. The predicted octanol–water partition coefficient (Wildman–Crippen LogP) is 3.95. The van der Waals surface area contributed by atoms with Crippen molar-refractivity contribution < 1.29 is 9.53 Å². The topological polar surface area (TPSA) is 50.4 Å². The summed E-state index contributed by atoms with van der Waals surface area (Å²) in [6.07, 6.45) is 0. The van der Waals surface area contributed by atoms with Crippen LogP contribution in [0, 0.1) is 3.57 Å². The molecule has 0 saturated heterocycles. The van der Waals surface area contributed by atoms with Gasteiger partial charge in [-0.1, -0.05) is 28.1 Å². The Labute approximate surface area is 155 Å². The van der Waals surface area contributed by atoms with Gasteiger partial charge in [0.15, 0.2) is 11.7 Å². The van der Waals surface area contributed by atoms with Crippen LogP contribution in [-0.2, 0) is 4.79 Å². The molecule has 0 radical (unpaired) electrons. The summed E-state index contributed by atoms with van der Waals surface area (Å²) < 4.78 is 7.34. The molecule has 0 saturated carbocycles. The molecule has 1 amide bonds. The maximum absolute atomic E-state index is 11.8. The number of nitrogens with one attached hydrogen (secondary N) is 2. The second-order valence-electron chi connectivity index (χ2n) is 4.22. The normalized spacial score (nSPS) is 9.91. The zero-order chi connectivity index (χ0) is 15.9. The average molecular weight is 491 g/mol. The Morgan fingerprint density at radius 1 is 1.18 bits per heavy atom. The Kier molecular flexibility index (Phi) is 6.59. The number of thiocarbonyl (C=S) groups is 1. The number of rotatable bonds is 4. The van der Waals surface area contributed by atoms with E-state index >= 15 is 0 Å². The predicted molar refractivity (Wildman–Crippen MR) is 103 cm³/mol. The molecule has 2 N–H and O–H groups in total. The van der Waals surface area contributed by atoms with Crippen molar-refractivity contribution in [3.05, 3.63) is 56.6 Å². The monoisotopic (exact) mass is 490 g/mol. The zero-order valence-corrected chi connectivity index (χ0v) is 15.9. The van der Waals surface area contributed by atoms with Gasteiger partial charge in [-0.25, -0.2) is 0 Å². The molecule has 0 aromatic heterocycles. The molecule has 0 aliphatic rings. The molecule has 0 bridgehead atoms. The number of hydrogen-bond acceptors (Lipinski definition) is 3. The summed E-state index contributed by atoms with van der Waals surface area (Å²) in [5.41, 5.74) is 0.849. The van der Waals surface area contributed by atoms with Crippen molar-refractivity contribution >= 4 is 67.4 Å². The molecule has 0 heterocycles. The molecule has 2 rings (SSSR count). The fourth-order valence-electron chi connectivity index (χ4n) is 1.56. The van der Waals surface area contributed by atoms with Gasteiger partial charge >= 0.3 is 0 Å². The molecule has 114 valence electrons. The highest BCUT2D eigenvalue weighted by atomic mass is 127. The number of carbonyl (C=O) groups is 1. The SMILES string of the molecule is O=C(COc1ccc(Br)cc1)NC(=S)Nc1ccccc1I. The summed E-state index contributed by atoms with van der Waals surface area (Å²) in [7, 11) is 0. The quantitative estimate of drug-likeness (QED) is 0.503. The third-order valence-electron chi connectivity index (χ3n) is 2.56. The van der Waals surface area contributed by atoms with Crippen LogP contribution in [0.25, 0.3) is 0 Å². The fourth-order valence-corrected chi connectivity index (χ4v) is 2.57. The lowest BCUT2D eigenvalue weighted by molar-refractivity contribution is -0.121. The first-order valence-electron chi connectivity index (χ1n) is 6.28. The Morgan fingerprint density at radius 3 is 2.55 bits per heavy atom. The summed E-state index contributed by atoms with van der Waals surface area (Å²) in [4.78, 5) is 11.8. The molecule has 0 atom stereocenters. The van der Waals surface area contributed by atoms with E-state index < -0.39 is 0 Å². The maximum atomic E-state index is 11.8. The van der Waals surface area contributed by atoms with E-state index in [4.69, 9.17) is 17.0 Å². The van der Waals surface area contributed by atoms with Crippen molar-refractivity contribution in [2.45, 2.75) is 0 Å². The lowest BCUT2D eigenvalue weighted by Crippen LogP contribution is -2.37. The highest BCUT2D eigenvalue weighted by molar-refractivity contribution is 14.1. The van der Waals surface area contributed by atoms with Crippen LogP contribution in [-0.4, -0.2) is 17.6 Å². The van der Waals surface area contributed by atoms with Crippen LogP contribution in [0.15, 0.2) is 53.0 Å². The number of ether oxygens (including phenoxy) is 1. The van der Waals surface area contributed by atoms with Crippen molar-refractivity contribution in [1.29, 1.82) is 0 Å². The fraction of sp³-hybridized carbons (Fsp3) is 0.0667. The second kappa shape index (κ2) is 8.44. The minimum Gasteiger partial charge on any atom is -0.484 e. The van der Waals surface area contributed by atoms with E-state index in [0.29, 0.717) is 5.75 Å². The molecule has 0 fully saturated rings. The maximum Gasteiger partial charge on any atom is 0.264 e. The van der Waals surface area contributed by atoms with E-state index in [0.717, 1.165) is 13.7 Å². The first-order chi connectivity index (χ1) is 10.5. The van der Waals surface area contributed by atoms with E-state index in [1.54, 1.807) is 12.1 Å². The van der Waals surface area contributed by atoms with Crippen LogP contribution >= 0.6 is 50.7 Å². The minimum absolute atomic E-state index is 0.102. The van der Waals surface area contributed by atoms with Gasteiger partial charge in [0.2, 0.25) is 0 Å². The molecule has 22 heavy (non-hydrogen) atoms. The second-order valence-corrected chi connectivity index (χ2v) is 6.71. The Bertz CT molecular complexity index is 679. The highest BCUT2D eigenvalue weighted by Crippen LogP contribution is 2.17. The van der Waals surface area contributed by atoms with Crippen LogP contribution in [0.5, 0.6) is 5.75 Å². The van der Waals surface area contributed by atoms with E-state index in [9.17, 15) is 4.79 Å². The number of benzene rings is 2. The first-order valence-corrected chi connectivity index (χ1v) is 8.56. The molecular weight excluding hydrogens is 479 g/mol. The molecule has 7 heteroatoms. The number of amides is 1. The van der Waals surface area contributed by atoms with Gasteiger partial charge in [-0.3, -0.25) is 10.1 Å². The van der Waals surface area contributed by atoms with Gasteiger partial charge < -0.3 is 10.1 Å². The average Bonchev–Trinajstić information content (AvgIpc) is 2.49. The molecule has 0 aliphatic carbocycles. The molecule has 4 nitrogen and oxygen atoms in total. The Hall–Kier alpha value is -1.19. The molecule has 2 aromatic carbocycles. The van der Waals surface area contributed by atoms with Gasteiger partial charge in [-0.2, -0.15) is 0 Å². The number of para-hydroxylation sites is 1.